The number of aromatic nitrogens is 4. The highest BCUT2D eigenvalue weighted by molar-refractivity contribution is 5.95. The van der Waals surface area contributed by atoms with Crippen molar-refractivity contribution >= 4 is 72.7 Å². The average Bonchev–Trinajstić information content (AvgIpc) is 1.54. The molecule has 11 aromatic rings. The highest BCUT2D eigenvalue weighted by Gasteiger charge is 2.31. The molecule has 3 N–H and O–H groups in total. The van der Waals surface area contributed by atoms with E-state index < -0.39 is 0 Å². The lowest BCUT2D eigenvalue weighted by atomic mass is 9.82. The van der Waals surface area contributed by atoms with Crippen molar-refractivity contribution in [3.63, 3.8) is 0 Å². The highest BCUT2D eigenvalue weighted by Crippen LogP contribution is 2.39. The van der Waals surface area contributed by atoms with Crippen LogP contribution in [0.4, 0.5) is 11.4 Å². The van der Waals surface area contributed by atoms with Crippen LogP contribution < -0.4 is 16.0 Å². The van der Waals surface area contributed by atoms with Gasteiger partial charge in [0.25, 0.3) is 5.91 Å². The molecule has 0 saturated heterocycles. The molecule has 0 bridgehead atoms. The van der Waals surface area contributed by atoms with Crippen molar-refractivity contribution in [2.45, 2.75) is 196 Å². The normalized spacial score (nSPS) is 13.3. The van der Waals surface area contributed by atoms with Crippen molar-refractivity contribution < 1.29 is 14.4 Å². The molecule has 7 aromatic carbocycles. The molecule has 536 valence electrons. The first-order valence-electron chi connectivity index (χ1n) is 36.1. The van der Waals surface area contributed by atoms with E-state index in [-0.39, 0.29) is 68.7 Å². The molecule has 101 heavy (non-hydrogen) atoms. The molecule has 11 heteroatoms. The minimum absolute atomic E-state index is 0.0197. The largest absolute Gasteiger partial charge is 0.384 e. The number of nitrogens with one attached hydrogen (secondary N) is 3. The molecule has 11 nitrogen and oxygen atoms in total. The third-order valence-corrected chi connectivity index (χ3v) is 19.5. The highest BCUT2D eigenvalue weighted by atomic mass is 16.2. The summed E-state index contributed by atoms with van der Waals surface area (Å²) in [7, 11) is 5.44. The molecule has 4 aromatic heterocycles. The number of fused-ring (bicyclic) bond motifs is 6. The van der Waals surface area contributed by atoms with Crippen LogP contribution in [0.3, 0.4) is 0 Å². The molecular formula is C90H118N8O3. The Balaban J connectivity index is 0.000000156. The smallest absolute Gasteiger partial charge is 0.250 e. The predicted molar refractivity (Wildman–Crippen MR) is 432 cm³/mol. The molecule has 0 saturated carbocycles. The van der Waals surface area contributed by atoms with Crippen molar-refractivity contribution in [3.8, 4) is 0 Å². The Hall–Kier alpha value is -8.93. The summed E-state index contributed by atoms with van der Waals surface area (Å²) in [5, 5.41) is 14.5. The first-order valence-corrected chi connectivity index (χ1v) is 36.1. The molecule has 0 unspecified atom stereocenters. The van der Waals surface area contributed by atoms with Crippen molar-refractivity contribution in [1.29, 1.82) is 0 Å². The van der Waals surface area contributed by atoms with Crippen molar-refractivity contribution in [3.05, 3.63) is 239 Å². The van der Waals surface area contributed by atoms with Gasteiger partial charge in [-0.1, -0.05) is 242 Å². The second-order valence-corrected chi connectivity index (χ2v) is 34.6. The fourth-order valence-corrected chi connectivity index (χ4v) is 12.5. The lowest BCUT2D eigenvalue weighted by molar-refractivity contribution is -0.128. The summed E-state index contributed by atoms with van der Waals surface area (Å²) in [6.07, 6.45) is 9.08. The molecule has 0 spiro atoms. The number of likely N-dealkylation sites (N-methyl/N-ethyl adjacent to an activating group) is 2. The third-order valence-electron chi connectivity index (χ3n) is 19.5. The number of hydrogen-bond donors (Lipinski definition) is 3. The van der Waals surface area contributed by atoms with Crippen LogP contribution in [0.1, 0.15) is 205 Å². The number of amides is 1. The molecule has 2 aliphatic rings. The number of carbonyl (C=O) groups excluding carboxylic acids is 3. The first kappa shape index (κ1) is 77.8. The van der Waals surface area contributed by atoms with Gasteiger partial charge in [-0.2, -0.15) is 0 Å². The second-order valence-electron chi connectivity index (χ2n) is 34.6. The minimum atomic E-state index is -0.113. The quantitative estimate of drug-likeness (QED) is 0.153. The van der Waals surface area contributed by atoms with Crippen LogP contribution in [0.2, 0.25) is 0 Å². The van der Waals surface area contributed by atoms with E-state index in [9.17, 15) is 14.4 Å². The minimum Gasteiger partial charge on any atom is -0.384 e. The van der Waals surface area contributed by atoms with Crippen LogP contribution in [0.15, 0.2) is 189 Å². The van der Waals surface area contributed by atoms with Gasteiger partial charge in [0.05, 0.1) is 17.6 Å². The lowest BCUT2D eigenvalue weighted by Gasteiger charge is -2.21. The van der Waals surface area contributed by atoms with Gasteiger partial charge in [-0.3, -0.25) is 23.5 Å². The first-order chi connectivity index (χ1) is 47.0. The van der Waals surface area contributed by atoms with E-state index in [0.717, 1.165) is 41.4 Å². The van der Waals surface area contributed by atoms with Gasteiger partial charge in [0.2, 0.25) is 11.8 Å². The van der Waals surface area contributed by atoms with Gasteiger partial charge in [-0.25, -0.2) is 0 Å². The Labute approximate surface area is 605 Å². The van der Waals surface area contributed by atoms with Crippen LogP contribution >= 0.6 is 0 Å². The van der Waals surface area contributed by atoms with E-state index >= 15 is 0 Å². The van der Waals surface area contributed by atoms with Gasteiger partial charge in [-0.15, -0.1) is 0 Å². The van der Waals surface area contributed by atoms with E-state index in [1.54, 1.807) is 36.4 Å². The number of nitrogens with zero attached hydrogens (tertiary/aromatic N) is 5. The van der Waals surface area contributed by atoms with Crippen LogP contribution in [-0.4, -0.2) is 81.2 Å². The van der Waals surface area contributed by atoms with Crippen LogP contribution in [0.25, 0.3) is 43.6 Å². The number of benzene rings is 7. The summed E-state index contributed by atoms with van der Waals surface area (Å²) >= 11 is 0. The lowest BCUT2D eigenvalue weighted by Crippen LogP contribution is -2.38. The van der Waals surface area contributed by atoms with Crippen molar-refractivity contribution in [1.82, 2.24) is 28.5 Å². The zero-order chi connectivity index (χ0) is 74.4. The van der Waals surface area contributed by atoms with Gasteiger partial charge in [-0.05, 0) is 167 Å². The Morgan fingerprint density at radius 2 is 0.891 bits per heavy atom. The van der Waals surface area contributed by atoms with Crippen LogP contribution in [-0.2, 0) is 62.7 Å². The Morgan fingerprint density at radius 1 is 0.475 bits per heavy atom. The van der Waals surface area contributed by atoms with Crippen molar-refractivity contribution in [2.24, 2.45) is 7.05 Å². The maximum absolute atomic E-state index is 12.5. The Kier molecular flexibility index (Phi) is 24.0. The molecule has 2 aliphatic heterocycles. The summed E-state index contributed by atoms with van der Waals surface area (Å²) in [4.78, 5) is 37.2. The summed E-state index contributed by atoms with van der Waals surface area (Å²) in [5.41, 5.74) is 20.8. The van der Waals surface area contributed by atoms with Gasteiger partial charge < -0.3 is 30.0 Å². The summed E-state index contributed by atoms with van der Waals surface area (Å²) in [6, 6.07) is 58.6. The van der Waals surface area contributed by atoms with Gasteiger partial charge >= 0.3 is 0 Å². The number of rotatable bonds is 6. The maximum atomic E-state index is 12.5. The number of hydrogen-bond acceptors (Lipinski definition) is 6. The maximum Gasteiger partial charge on any atom is 0.250 e. The van der Waals surface area contributed by atoms with E-state index in [2.05, 4.69) is 329 Å². The van der Waals surface area contributed by atoms with Crippen LogP contribution in [0.5, 0.6) is 0 Å². The number of aryl methyl sites for hydroxylation is 1. The van der Waals surface area contributed by atoms with E-state index in [1.807, 2.05) is 24.4 Å². The molecule has 13 rings (SSSR count). The average molecular weight is 1360 g/mol. The van der Waals surface area contributed by atoms with Crippen LogP contribution in [0, 0.1) is 0 Å². The molecule has 1 amide bonds. The Morgan fingerprint density at radius 3 is 1.40 bits per heavy atom. The SMILES string of the molecule is CC(=O)n1ccc2ccc(C(C)(C)C)cc21.CC(C)(C)c1ccc2c(c1)NCC2.CC(C)(C)c1ccc2c(c1)NCC2(C)C.CC(C)(C)c1ccc2ccn(Cc3ccccc3)c2c1.CNCC(=O)N(C)CC(=O)n1ccc2ccc(C(C)(C)C)cc21.Cn1ccc2ccc(C(C)(C)C)cc21. The molecule has 0 fully saturated rings. The van der Waals surface area contributed by atoms with E-state index in [1.165, 1.54) is 94.6 Å². The van der Waals surface area contributed by atoms with E-state index in [0.29, 0.717) is 0 Å². The third kappa shape index (κ3) is 20.0. The van der Waals surface area contributed by atoms with Gasteiger partial charge in [0.1, 0.15) is 6.54 Å². The second kappa shape index (κ2) is 31.1. The molecule has 0 atom stereocenters. The molecule has 0 radical (unpaired) electrons. The zero-order valence-corrected chi connectivity index (χ0v) is 65.6. The summed E-state index contributed by atoms with van der Waals surface area (Å²) in [5.74, 6) is -0.160. The number of carbonyl (C=O) groups is 3. The number of anilines is 2. The predicted octanol–water partition coefficient (Wildman–Crippen LogP) is 21.0. The monoisotopic (exact) mass is 1360 g/mol. The van der Waals surface area contributed by atoms with Gasteiger partial charge in [0.15, 0.2) is 0 Å². The van der Waals surface area contributed by atoms with Crippen molar-refractivity contribution in [2.75, 3.05) is 50.9 Å². The zero-order valence-electron chi connectivity index (χ0n) is 65.6. The topological polar surface area (TPSA) is 110 Å². The molecular weight excluding hydrogens is 1240 g/mol. The van der Waals surface area contributed by atoms with E-state index in [4.69, 9.17) is 0 Å². The fourth-order valence-electron chi connectivity index (χ4n) is 12.5. The molecule has 0 aliphatic carbocycles. The summed E-state index contributed by atoms with van der Waals surface area (Å²) < 4.78 is 7.84. The standard InChI is InChI=1S/C19H21N.C18H25N3O2.C14H17NO.C14H21N.C13H17N.C12H17N/c1-19(2,3)17-10-9-16-11-12-20(18(16)13-17)14-15-7-5-4-6-8-15;1-18(2,3)14-7-6-13-8-9-21(15(13)10-14)17(23)12-20(5)16(22)11-19-4;1-10(16)15-8-7-11-5-6-12(9-13(11)15)14(2,3)4;1-13(2,3)10-6-7-11-12(8-10)15-9-14(11,4)5;1-13(2,3)11-6-5-10-7-8-14(4)12(10)9-11;1-12(2,3)10-5-4-9-6-7-13-11(9)8-10/h4-13H,14H2,1-3H3;6-10,19H,11-12H2,1-5H3;5-9H,1-4H3;6-8,15H,9H2,1-5H3;5-9H,1-4H3;4-5,8,13H,6-7H2,1-3H3. The summed E-state index contributed by atoms with van der Waals surface area (Å²) in [6.45, 7) is 49.6. The Bertz CT molecular complexity index is 4660. The van der Waals surface area contributed by atoms with Gasteiger partial charge in [0, 0.05) is 104 Å². The fraction of sp³-hybridized carbons (Fsp3) is 0.411. The molecule has 6 heterocycles.